The van der Waals surface area contributed by atoms with E-state index in [0.29, 0.717) is 12.8 Å². The van der Waals surface area contributed by atoms with Crippen LogP contribution < -0.4 is 0 Å². The van der Waals surface area contributed by atoms with E-state index in [-0.39, 0.29) is 31.6 Å². The zero-order valence-electron chi connectivity index (χ0n) is 54.7. The van der Waals surface area contributed by atoms with Crippen LogP contribution in [0, 0.1) is 0 Å². The molecule has 83 heavy (non-hydrogen) atoms. The van der Waals surface area contributed by atoms with Crippen molar-refractivity contribution >= 4 is 17.9 Å². The third kappa shape index (κ3) is 68.7. The smallest absolute Gasteiger partial charge is 0.309 e. The van der Waals surface area contributed by atoms with Gasteiger partial charge in [0.25, 0.3) is 0 Å². The molecule has 0 bridgehead atoms. The number of carbonyl (C=O) groups excluding carboxylic acids is 3. The molecule has 0 saturated heterocycles. The van der Waals surface area contributed by atoms with Crippen molar-refractivity contribution in [3.05, 3.63) is 109 Å². The maximum absolute atomic E-state index is 13.0. The van der Waals surface area contributed by atoms with Crippen LogP contribution in [0.25, 0.3) is 0 Å². The maximum atomic E-state index is 13.0. The molecule has 0 radical (unpaired) electrons. The number of unbranched alkanes of at least 4 members (excludes halogenated alkanes) is 36. The second-order valence-corrected chi connectivity index (χ2v) is 23.4. The van der Waals surface area contributed by atoms with Crippen molar-refractivity contribution in [3.63, 3.8) is 0 Å². The van der Waals surface area contributed by atoms with Crippen LogP contribution in [0.2, 0.25) is 0 Å². The molecule has 476 valence electrons. The molecular weight excluding hydrogens is 1020 g/mol. The summed E-state index contributed by atoms with van der Waals surface area (Å²) in [5.41, 5.74) is 0. The molecule has 0 aromatic rings. The van der Waals surface area contributed by atoms with Gasteiger partial charge in [0, 0.05) is 12.8 Å². The Morgan fingerprint density at radius 1 is 0.265 bits per heavy atom. The second kappa shape index (κ2) is 70.6. The first-order chi connectivity index (χ1) is 41.0. The van der Waals surface area contributed by atoms with Crippen molar-refractivity contribution in [2.24, 2.45) is 0 Å². The minimum Gasteiger partial charge on any atom is -0.462 e. The summed E-state index contributed by atoms with van der Waals surface area (Å²) in [7, 11) is 0. The van der Waals surface area contributed by atoms with E-state index in [1.165, 1.54) is 205 Å². The number of allylic oxidation sites excluding steroid dienone is 17. The standard InChI is InChI=1S/C77H132O6/c1-4-7-10-13-16-19-22-25-28-30-32-34-36-37-38-39-41-42-44-46-49-52-55-58-61-64-67-70-76(79)82-73-74(72-81-75(78)69-66-63-60-57-54-51-48-27-24-21-18-15-12-9-6-3)83-77(80)71-68-65-62-59-56-53-50-47-45-43-40-35-33-31-29-26-23-20-17-14-11-8-5-2/h7,9-10,12,16,18-19,21,25,27-28,32,34,48,54,57,63,66,74H,4-6,8,11,13-15,17,20,22-24,26,29-31,33,35-47,49-53,55-56,58-62,64-65,67-73H2,1-3H3/b10-7-,12-9-,19-16-,21-18-,28-25-,34-32-,48-27-,57-54-,66-63-. The molecule has 0 fully saturated rings. The van der Waals surface area contributed by atoms with E-state index in [1.54, 1.807) is 0 Å². The van der Waals surface area contributed by atoms with Gasteiger partial charge < -0.3 is 14.2 Å². The largest absolute Gasteiger partial charge is 0.462 e. The highest BCUT2D eigenvalue weighted by molar-refractivity contribution is 5.72. The van der Waals surface area contributed by atoms with Gasteiger partial charge in [-0.2, -0.15) is 0 Å². The van der Waals surface area contributed by atoms with Crippen molar-refractivity contribution < 1.29 is 28.6 Å². The van der Waals surface area contributed by atoms with Crippen molar-refractivity contribution in [3.8, 4) is 0 Å². The highest BCUT2D eigenvalue weighted by Crippen LogP contribution is 2.18. The molecule has 0 aliphatic heterocycles. The number of rotatable bonds is 64. The third-order valence-electron chi connectivity index (χ3n) is 15.3. The first-order valence-corrected chi connectivity index (χ1v) is 35.4. The van der Waals surface area contributed by atoms with Crippen LogP contribution in [0.15, 0.2) is 109 Å². The summed E-state index contributed by atoms with van der Waals surface area (Å²) < 4.78 is 16.9. The van der Waals surface area contributed by atoms with E-state index in [9.17, 15) is 14.4 Å². The lowest BCUT2D eigenvalue weighted by atomic mass is 10.0. The predicted molar refractivity (Wildman–Crippen MR) is 362 cm³/mol. The molecule has 0 amide bonds. The van der Waals surface area contributed by atoms with Crippen LogP contribution in [-0.4, -0.2) is 37.2 Å². The number of ether oxygens (including phenoxy) is 3. The van der Waals surface area contributed by atoms with Gasteiger partial charge in [-0.15, -0.1) is 0 Å². The fourth-order valence-corrected chi connectivity index (χ4v) is 10.1. The average molecular weight is 1150 g/mol. The average Bonchev–Trinajstić information content (AvgIpc) is 3.49. The van der Waals surface area contributed by atoms with Gasteiger partial charge in [-0.1, -0.05) is 348 Å². The highest BCUT2D eigenvalue weighted by Gasteiger charge is 2.19. The van der Waals surface area contributed by atoms with Crippen LogP contribution in [0.5, 0.6) is 0 Å². The third-order valence-corrected chi connectivity index (χ3v) is 15.3. The lowest BCUT2D eigenvalue weighted by Gasteiger charge is -2.18. The lowest BCUT2D eigenvalue weighted by Crippen LogP contribution is -2.30. The van der Waals surface area contributed by atoms with E-state index in [4.69, 9.17) is 14.2 Å². The zero-order chi connectivity index (χ0) is 59.9. The van der Waals surface area contributed by atoms with Crippen LogP contribution in [0.3, 0.4) is 0 Å². The molecule has 0 aromatic heterocycles. The van der Waals surface area contributed by atoms with Gasteiger partial charge in [0.05, 0.1) is 6.42 Å². The number of hydrogen-bond acceptors (Lipinski definition) is 6. The van der Waals surface area contributed by atoms with Crippen molar-refractivity contribution in [2.75, 3.05) is 13.2 Å². The summed E-state index contributed by atoms with van der Waals surface area (Å²) in [4.78, 5) is 38.4. The topological polar surface area (TPSA) is 78.9 Å². The first-order valence-electron chi connectivity index (χ1n) is 35.4. The highest BCUT2D eigenvalue weighted by atomic mass is 16.6. The van der Waals surface area contributed by atoms with Crippen LogP contribution in [0.4, 0.5) is 0 Å². The van der Waals surface area contributed by atoms with E-state index < -0.39 is 12.1 Å². The normalized spacial score (nSPS) is 12.8. The van der Waals surface area contributed by atoms with Crippen molar-refractivity contribution in [1.29, 1.82) is 0 Å². The molecule has 1 unspecified atom stereocenters. The van der Waals surface area contributed by atoms with E-state index in [1.807, 2.05) is 12.2 Å². The lowest BCUT2D eigenvalue weighted by molar-refractivity contribution is -0.166. The summed E-state index contributed by atoms with van der Waals surface area (Å²) >= 11 is 0. The molecule has 6 nitrogen and oxygen atoms in total. The Kier molecular flexibility index (Phi) is 67.2. The predicted octanol–water partition coefficient (Wildman–Crippen LogP) is 24.6. The number of carbonyl (C=O) groups is 3. The molecule has 0 aliphatic rings. The Bertz CT molecular complexity index is 1660. The summed E-state index contributed by atoms with van der Waals surface area (Å²) in [6, 6.07) is 0. The van der Waals surface area contributed by atoms with E-state index in [0.717, 1.165) is 96.3 Å². The summed E-state index contributed by atoms with van der Waals surface area (Å²) in [5.74, 6) is -1.02. The SMILES string of the molecule is CC/C=C\C/C=C\C/C=C\C/C=C\C/C=C\CC(=O)OCC(COC(=O)CCCCCCCCCCCCCCCC/C=C\C/C=C\C/C=C\C/C=C\CC)OC(=O)CCCCCCCCCCCCCCCCCCCCCCCCC. The zero-order valence-corrected chi connectivity index (χ0v) is 54.7. The van der Waals surface area contributed by atoms with E-state index >= 15 is 0 Å². The minimum absolute atomic E-state index is 0.106. The first kappa shape index (κ1) is 79.1. The molecule has 6 heteroatoms. The number of esters is 3. The van der Waals surface area contributed by atoms with Gasteiger partial charge in [0.1, 0.15) is 13.2 Å². The van der Waals surface area contributed by atoms with Crippen LogP contribution in [-0.2, 0) is 28.6 Å². The summed E-state index contributed by atoms with van der Waals surface area (Å²) in [5, 5.41) is 0. The molecule has 0 aromatic carbocycles. The van der Waals surface area contributed by atoms with Gasteiger partial charge in [0.15, 0.2) is 6.10 Å². The Balaban J connectivity index is 4.34. The molecule has 0 N–H and O–H groups in total. The summed E-state index contributed by atoms with van der Waals surface area (Å²) in [6.45, 7) is 6.37. The molecule has 0 saturated carbocycles. The molecular formula is C77H132O6. The van der Waals surface area contributed by atoms with Gasteiger partial charge >= 0.3 is 17.9 Å². The monoisotopic (exact) mass is 1150 g/mol. The van der Waals surface area contributed by atoms with E-state index in [2.05, 4.69) is 118 Å². The molecule has 1 atom stereocenters. The van der Waals surface area contributed by atoms with Gasteiger partial charge in [-0.05, 0) is 83.5 Å². The Morgan fingerprint density at radius 2 is 0.518 bits per heavy atom. The quantitative estimate of drug-likeness (QED) is 0.0261. The van der Waals surface area contributed by atoms with Gasteiger partial charge in [-0.3, -0.25) is 14.4 Å². The molecule has 0 heterocycles. The fourth-order valence-electron chi connectivity index (χ4n) is 10.1. The number of hydrogen-bond donors (Lipinski definition) is 0. The molecule has 0 spiro atoms. The summed E-state index contributed by atoms with van der Waals surface area (Å²) in [6.07, 6.45) is 97.2. The van der Waals surface area contributed by atoms with Gasteiger partial charge in [-0.25, -0.2) is 0 Å². The maximum Gasteiger partial charge on any atom is 0.309 e. The van der Waals surface area contributed by atoms with Crippen molar-refractivity contribution in [1.82, 2.24) is 0 Å². The molecule has 0 rings (SSSR count). The Morgan fingerprint density at radius 3 is 0.843 bits per heavy atom. The minimum atomic E-state index is -0.819. The van der Waals surface area contributed by atoms with Gasteiger partial charge in [0.2, 0.25) is 0 Å². The second-order valence-electron chi connectivity index (χ2n) is 23.4. The Hall–Kier alpha value is -3.93. The Labute approximate surface area is 514 Å². The molecule has 0 aliphatic carbocycles. The fraction of sp³-hybridized carbons (Fsp3) is 0.727. The van der Waals surface area contributed by atoms with Crippen LogP contribution >= 0.6 is 0 Å². The van der Waals surface area contributed by atoms with Crippen molar-refractivity contribution in [2.45, 2.75) is 348 Å². The van der Waals surface area contributed by atoms with Crippen LogP contribution in [0.1, 0.15) is 342 Å².